The van der Waals surface area contributed by atoms with E-state index in [1.54, 1.807) is 6.08 Å². The second-order valence-electron chi connectivity index (χ2n) is 9.10. The van der Waals surface area contributed by atoms with Gasteiger partial charge >= 0.3 is 0 Å². The fourth-order valence-corrected chi connectivity index (χ4v) is 4.67. The second kappa shape index (κ2) is 9.37. The Kier molecular flexibility index (Phi) is 6.11. The summed E-state index contributed by atoms with van der Waals surface area (Å²) >= 11 is 0. The lowest BCUT2D eigenvalue weighted by Gasteiger charge is -2.36. The van der Waals surface area contributed by atoms with Gasteiger partial charge in [0.15, 0.2) is 0 Å². The molecule has 1 aliphatic rings. The van der Waals surface area contributed by atoms with Crippen LogP contribution in [0.1, 0.15) is 19.4 Å². The minimum Gasteiger partial charge on any atom is -0.353 e. The minimum absolute atomic E-state index is 0.144. The highest BCUT2D eigenvalue weighted by atomic mass is 16.2. The van der Waals surface area contributed by atoms with Gasteiger partial charge in [-0.05, 0) is 30.2 Å². The highest BCUT2D eigenvalue weighted by molar-refractivity contribution is 5.86. The predicted molar refractivity (Wildman–Crippen MR) is 138 cm³/mol. The average Bonchev–Trinajstić information content (AvgIpc) is 3.53. The molecule has 4 aromatic heterocycles. The molecule has 8 nitrogen and oxygen atoms in total. The Morgan fingerprint density at radius 1 is 1.06 bits per heavy atom. The van der Waals surface area contributed by atoms with E-state index in [9.17, 15) is 4.79 Å². The molecule has 1 fully saturated rings. The van der Waals surface area contributed by atoms with Crippen LogP contribution in [-0.4, -0.2) is 61.4 Å². The molecular weight excluding hydrogens is 438 g/mol. The Bertz CT molecular complexity index is 1360. The van der Waals surface area contributed by atoms with Crippen molar-refractivity contribution < 1.29 is 4.79 Å². The number of hydrogen-bond donors (Lipinski definition) is 0. The van der Waals surface area contributed by atoms with Crippen LogP contribution in [0.5, 0.6) is 0 Å². The van der Waals surface area contributed by atoms with Gasteiger partial charge in [-0.3, -0.25) is 9.48 Å². The van der Waals surface area contributed by atoms with Crippen LogP contribution in [-0.2, 0) is 18.3 Å². The van der Waals surface area contributed by atoms with Crippen LogP contribution in [0.2, 0.25) is 0 Å². The van der Waals surface area contributed by atoms with Crippen LogP contribution >= 0.6 is 0 Å². The summed E-state index contributed by atoms with van der Waals surface area (Å²) < 4.78 is 3.77. The molecule has 1 unspecified atom stereocenters. The lowest BCUT2D eigenvalue weighted by atomic mass is 10.0. The van der Waals surface area contributed by atoms with Gasteiger partial charge in [0.05, 0.1) is 23.8 Å². The number of carbonyl (C=O) groups is 1. The van der Waals surface area contributed by atoms with E-state index in [2.05, 4.69) is 53.0 Å². The molecule has 4 aromatic rings. The Balaban J connectivity index is 1.43. The van der Waals surface area contributed by atoms with E-state index in [0.717, 1.165) is 53.1 Å². The molecule has 1 amide bonds. The molecule has 35 heavy (non-hydrogen) atoms. The molecule has 0 radical (unpaired) electrons. The van der Waals surface area contributed by atoms with Crippen LogP contribution in [0.15, 0.2) is 61.8 Å². The van der Waals surface area contributed by atoms with Crippen molar-refractivity contribution in [3.05, 3.63) is 67.4 Å². The number of anilines is 1. The van der Waals surface area contributed by atoms with E-state index in [0.29, 0.717) is 13.1 Å². The molecule has 0 spiro atoms. The molecule has 5 rings (SSSR count). The first-order valence-electron chi connectivity index (χ1n) is 12.1. The lowest BCUT2D eigenvalue weighted by molar-refractivity contribution is -0.133. The van der Waals surface area contributed by atoms with Gasteiger partial charge in [-0.25, -0.2) is 9.50 Å². The first kappa shape index (κ1) is 22.8. The molecule has 180 valence electrons. The number of fused-ring (bicyclic) bond motifs is 1. The predicted octanol–water partition coefficient (Wildman–Crippen LogP) is 3.83. The molecule has 5 heterocycles. The van der Waals surface area contributed by atoms with Gasteiger partial charge in [0.2, 0.25) is 5.91 Å². The fraction of sp³-hybridized carbons (Fsp3) is 0.333. The van der Waals surface area contributed by atoms with Crippen molar-refractivity contribution in [2.75, 3.05) is 31.1 Å². The summed E-state index contributed by atoms with van der Waals surface area (Å²) in [4.78, 5) is 21.4. The zero-order chi connectivity index (χ0) is 24.5. The molecule has 0 bridgehead atoms. The van der Waals surface area contributed by atoms with Crippen molar-refractivity contribution in [1.29, 1.82) is 0 Å². The number of pyridine rings is 2. The first-order valence-corrected chi connectivity index (χ1v) is 12.1. The van der Waals surface area contributed by atoms with Crippen molar-refractivity contribution in [3.63, 3.8) is 0 Å². The Hall–Kier alpha value is -3.94. The normalized spacial score (nSPS) is 14.9. The van der Waals surface area contributed by atoms with E-state index in [1.165, 1.54) is 5.56 Å². The number of nitrogens with zero attached hydrogens (tertiary/aromatic N) is 7. The Morgan fingerprint density at radius 2 is 1.86 bits per heavy atom. The summed E-state index contributed by atoms with van der Waals surface area (Å²) in [7, 11) is 1.92. The van der Waals surface area contributed by atoms with E-state index in [-0.39, 0.29) is 11.8 Å². The van der Waals surface area contributed by atoms with Crippen LogP contribution < -0.4 is 4.90 Å². The average molecular weight is 470 g/mol. The lowest BCUT2D eigenvalue weighted by Crippen LogP contribution is -2.50. The second-order valence-corrected chi connectivity index (χ2v) is 9.10. The van der Waals surface area contributed by atoms with Gasteiger partial charge in [-0.1, -0.05) is 19.9 Å². The molecular formula is C27H31N7O. The number of amides is 1. The molecule has 0 aromatic carbocycles. The number of aryl methyl sites for hydroxylation is 2. The highest BCUT2D eigenvalue weighted by Crippen LogP contribution is 2.32. The molecule has 1 aliphatic heterocycles. The standard InChI is InChI=1S/C27H31N7O/c1-5-19(3)27(35)33-11-9-32(10-12-33)25-8-7-21(14-28-25)24-13-22(23-16-29-31(4)17-23)18-34-26(24)20(6-2)15-30-34/h5,7-8,13-19H,1,6,9-12H2,2-4H3. The summed E-state index contributed by atoms with van der Waals surface area (Å²) in [6.45, 7) is 10.7. The number of carbonyl (C=O) groups excluding carboxylic acids is 1. The van der Waals surface area contributed by atoms with Gasteiger partial charge in [-0.15, -0.1) is 6.58 Å². The SMILES string of the molecule is C=CC(C)C(=O)N1CCN(c2ccc(-c3cc(-c4cnn(C)c4)cn4ncc(CC)c34)cn2)CC1. The van der Waals surface area contributed by atoms with Gasteiger partial charge in [-0.2, -0.15) is 10.2 Å². The largest absolute Gasteiger partial charge is 0.353 e. The fourth-order valence-electron chi connectivity index (χ4n) is 4.67. The molecule has 0 saturated carbocycles. The third-order valence-corrected chi connectivity index (χ3v) is 6.82. The number of piperazine rings is 1. The van der Waals surface area contributed by atoms with Gasteiger partial charge in [0.25, 0.3) is 0 Å². The molecule has 1 saturated heterocycles. The quantitative estimate of drug-likeness (QED) is 0.402. The molecule has 1 atom stereocenters. The van der Waals surface area contributed by atoms with Gasteiger partial charge in [0.1, 0.15) is 5.82 Å². The van der Waals surface area contributed by atoms with Gasteiger partial charge in [0, 0.05) is 74.1 Å². The molecule has 8 heteroatoms. The maximum absolute atomic E-state index is 12.5. The zero-order valence-electron chi connectivity index (χ0n) is 20.6. The van der Waals surface area contributed by atoms with Crippen LogP contribution in [0, 0.1) is 5.92 Å². The molecule has 0 N–H and O–H groups in total. The maximum atomic E-state index is 12.5. The topological polar surface area (TPSA) is 71.6 Å². The number of aromatic nitrogens is 5. The van der Waals surface area contributed by atoms with E-state index >= 15 is 0 Å². The van der Waals surface area contributed by atoms with Gasteiger partial charge < -0.3 is 9.80 Å². The van der Waals surface area contributed by atoms with Crippen molar-refractivity contribution in [2.45, 2.75) is 20.3 Å². The Labute approximate surface area is 205 Å². The van der Waals surface area contributed by atoms with E-state index in [1.807, 2.05) is 52.9 Å². The number of rotatable bonds is 6. The highest BCUT2D eigenvalue weighted by Gasteiger charge is 2.24. The zero-order valence-corrected chi connectivity index (χ0v) is 20.6. The van der Waals surface area contributed by atoms with Crippen LogP contribution in [0.25, 0.3) is 27.8 Å². The minimum atomic E-state index is -0.144. The van der Waals surface area contributed by atoms with Crippen LogP contribution in [0.3, 0.4) is 0 Å². The smallest absolute Gasteiger partial charge is 0.229 e. The summed E-state index contributed by atoms with van der Waals surface area (Å²) in [6.07, 6.45) is 12.4. The molecule has 0 aliphatic carbocycles. The third-order valence-electron chi connectivity index (χ3n) is 6.82. The van der Waals surface area contributed by atoms with Crippen molar-refractivity contribution in [2.24, 2.45) is 13.0 Å². The van der Waals surface area contributed by atoms with E-state index < -0.39 is 0 Å². The summed E-state index contributed by atoms with van der Waals surface area (Å²) in [5, 5.41) is 8.95. The van der Waals surface area contributed by atoms with Crippen molar-refractivity contribution >= 4 is 17.2 Å². The van der Waals surface area contributed by atoms with Crippen LogP contribution in [0.4, 0.5) is 5.82 Å². The maximum Gasteiger partial charge on any atom is 0.229 e. The monoisotopic (exact) mass is 469 g/mol. The first-order chi connectivity index (χ1) is 17.0. The number of hydrogen-bond acceptors (Lipinski definition) is 5. The summed E-state index contributed by atoms with van der Waals surface area (Å²) in [5.74, 6) is 0.934. The van der Waals surface area contributed by atoms with E-state index in [4.69, 9.17) is 4.98 Å². The Morgan fingerprint density at radius 3 is 2.49 bits per heavy atom. The summed E-state index contributed by atoms with van der Waals surface area (Å²) in [6, 6.07) is 6.41. The third kappa shape index (κ3) is 4.32. The summed E-state index contributed by atoms with van der Waals surface area (Å²) in [5.41, 5.74) is 6.58. The van der Waals surface area contributed by atoms with Crippen molar-refractivity contribution in [3.8, 4) is 22.3 Å². The van der Waals surface area contributed by atoms with Crippen molar-refractivity contribution in [1.82, 2.24) is 29.3 Å².